The highest BCUT2D eigenvalue weighted by molar-refractivity contribution is 8.76. The lowest BCUT2D eigenvalue weighted by molar-refractivity contribution is -0.143. The fourth-order valence-corrected chi connectivity index (χ4v) is 5.56. The molecular formula is C18H28N6O4S2. The Labute approximate surface area is 183 Å². The molecule has 0 aliphatic rings. The van der Waals surface area contributed by atoms with Gasteiger partial charge >= 0.3 is 11.9 Å². The second-order valence-corrected chi connectivity index (χ2v) is 9.53. The van der Waals surface area contributed by atoms with E-state index in [0.717, 1.165) is 10.1 Å². The molecule has 2 atom stereocenters. The van der Waals surface area contributed by atoms with Gasteiger partial charge in [-0.2, -0.15) is 0 Å². The highest BCUT2D eigenvalue weighted by atomic mass is 33.1. The first-order chi connectivity index (χ1) is 14.0. The molecule has 0 spiro atoms. The molecule has 0 saturated carbocycles. The highest BCUT2D eigenvalue weighted by Crippen LogP contribution is 2.40. The maximum Gasteiger partial charge on any atom is 0.321 e. The van der Waals surface area contributed by atoms with Crippen LogP contribution in [0.3, 0.4) is 0 Å². The molecule has 2 rings (SSSR count). The van der Waals surface area contributed by atoms with E-state index < -0.39 is 24.0 Å². The summed E-state index contributed by atoms with van der Waals surface area (Å²) in [5.74, 6) is -1.79. The van der Waals surface area contributed by atoms with Crippen molar-refractivity contribution in [3.63, 3.8) is 0 Å². The molecule has 30 heavy (non-hydrogen) atoms. The normalized spacial score (nSPS) is 13.7. The zero-order chi connectivity index (χ0) is 22.6. The largest absolute Gasteiger partial charge is 0.480 e. The average molecular weight is 457 g/mol. The molecule has 10 nitrogen and oxygen atoms in total. The molecule has 2 heterocycles. The third kappa shape index (κ3) is 5.78. The summed E-state index contributed by atoms with van der Waals surface area (Å²) < 4.78 is 3.72. The zero-order valence-corrected chi connectivity index (χ0v) is 19.6. The molecule has 0 radical (unpaired) electrons. The van der Waals surface area contributed by atoms with E-state index in [0.29, 0.717) is 11.4 Å². The molecule has 2 aromatic heterocycles. The summed E-state index contributed by atoms with van der Waals surface area (Å²) >= 11 is 0. The Morgan fingerprint density at radius 1 is 0.867 bits per heavy atom. The lowest BCUT2D eigenvalue weighted by Gasteiger charge is -2.20. The molecule has 0 amide bonds. The van der Waals surface area contributed by atoms with E-state index in [9.17, 15) is 19.8 Å². The van der Waals surface area contributed by atoms with Crippen LogP contribution in [0, 0.1) is 0 Å². The van der Waals surface area contributed by atoms with Crippen LogP contribution in [0.2, 0.25) is 0 Å². The van der Waals surface area contributed by atoms with Crippen molar-refractivity contribution in [3.05, 3.63) is 24.0 Å². The van der Waals surface area contributed by atoms with Gasteiger partial charge in [-0.15, -0.1) is 0 Å². The fraction of sp³-hybridized carbons (Fsp3) is 0.556. The van der Waals surface area contributed by atoms with Crippen LogP contribution in [0.1, 0.15) is 11.4 Å². The second kappa shape index (κ2) is 10.3. The Morgan fingerprint density at radius 3 is 1.47 bits per heavy atom. The Kier molecular flexibility index (Phi) is 8.35. The minimum atomic E-state index is -0.897. The Bertz CT molecular complexity index is 823. The smallest absolute Gasteiger partial charge is 0.321 e. The highest BCUT2D eigenvalue weighted by Gasteiger charge is 2.26. The van der Waals surface area contributed by atoms with Crippen molar-refractivity contribution in [1.29, 1.82) is 0 Å². The quantitative estimate of drug-likeness (QED) is 0.476. The summed E-state index contributed by atoms with van der Waals surface area (Å²) in [7, 11) is 13.6. The van der Waals surface area contributed by atoms with E-state index in [4.69, 9.17) is 0 Å². The Hall–Kier alpha value is -2.02. The van der Waals surface area contributed by atoms with E-state index in [1.165, 1.54) is 21.6 Å². The Balaban J connectivity index is 2.21. The van der Waals surface area contributed by atoms with Gasteiger partial charge in [-0.05, 0) is 49.8 Å². The van der Waals surface area contributed by atoms with Gasteiger partial charge in [0.15, 0.2) is 0 Å². The number of aromatic nitrogens is 4. The number of carboxylic acids is 2. The van der Waals surface area contributed by atoms with Crippen LogP contribution in [0.4, 0.5) is 0 Å². The molecule has 2 N–H and O–H groups in total. The first-order valence-electron chi connectivity index (χ1n) is 9.16. The van der Waals surface area contributed by atoms with Gasteiger partial charge in [-0.3, -0.25) is 19.4 Å². The summed E-state index contributed by atoms with van der Waals surface area (Å²) in [6, 6.07) is -1.35. The zero-order valence-electron chi connectivity index (χ0n) is 17.9. The van der Waals surface area contributed by atoms with Crippen LogP contribution in [0.5, 0.6) is 0 Å². The van der Waals surface area contributed by atoms with Gasteiger partial charge in [0.25, 0.3) is 0 Å². The minimum Gasteiger partial charge on any atom is -0.480 e. The van der Waals surface area contributed by atoms with Gasteiger partial charge in [-0.1, -0.05) is 0 Å². The van der Waals surface area contributed by atoms with Crippen LogP contribution in [0.25, 0.3) is 0 Å². The average Bonchev–Trinajstić information content (AvgIpc) is 3.16. The summed E-state index contributed by atoms with van der Waals surface area (Å²) in [5.41, 5.74) is 1.41. The second-order valence-electron chi connectivity index (χ2n) is 7.42. The fourth-order valence-electron chi connectivity index (χ4n) is 2.86. The summed E-state index contributed by atoms with van der Waals surface area (Å²) in [4.78, 5) is 35.2. The number of hydrogen-bond donors (Lipinski definition) is 2. The van der Waals surface area contributed by atoms with E-state index >= 15 is 0 Å². The van der Waals surface area contributed by atoms with Gasteiger partial charge in [0.05, 0.1) is 24.0 Å². The van der Waals surface area contributed by atoms with E-state index in [1.54, 1.807) is 50.6 Å². The first kappa shape index (κ1) is 24.3. The number of rotatable bonds is 11. The molecule has 0 fully saturated rings. The van der Waals surface area contributed by atoms with Gasteiger partial charge < -0.3 is 19.3 Å². The van der Waals surface area contributed by atoms with Crippen molar-refractivity contribution in [2.75, 3.05) is 28.2 Å². The van der Waals surface area contributed by atoms with E-state index in [2.05, 4.69) is 9.97 Å². The number of aliphatic carboxylic acids is 2. The van der Waals surface area contributed by atoms with Crippen molar-refractivity contribution in [2.24, 2.45) is 14.1 Å². The maximum atomic E-state index is 11.6. The molecule has 0 bridgehead atoms. The molecule has 166 valence electrons. The van der Waals surface area contributed by atoms with Crippen molar-refractivity contribution < 1.29 is 19.8 Å². The molecule has 12 heteroatoms. The van der Waals surface area contributed by atoms with Crippen molar-refractivity contribution in [2.45, 2.75) is 35.0 Å². The van der Waals surface area contributed by atoms with Crippen LogP contribution >= 0.6 is 21.6 Å². The lowest BCUT2D eigenvalue weighted by Crippen LogP contribution is -2.37. The van der Waals surface area contributed by atoms with Gasteiger partial charge in [0.1, 0.15) is 22.1 Å². The van der Waals surface area contributed by atoms with Crippen LogP contribution in [-0.4, -0.2) is 91.3 Å². The third-order valence-corrected chi connectivity index (χ3v) is 7.34. The first-order valence-corrected chi connectivity index (χ1v) is 11.3. The van der Waals surface area contributed by atoms with Crippen molar-refractivity contribution in [1.82, 2.24) is 28.9 Å². The number of carboxylic acid groups (broad SMARTS) is 2. The van der Waals surface area contributed by atoms with Crippen LogP contribution in [-0.2, 0) is 36.5 Å². The molecule has 0 saturated heterocycles. The SMILES string of the molecule is CN(C)C(Cc1ncn(C)c1SSc1c(CC(C(=O)O)N(C)C)ncn1C)C(=O)O. The number of hydrogen-bond acceptors (Lipinski definition) is 8. The van der Waals surface area contributed by atoms with Crippen LogP contribution < -0.4 is 0 Å². The Morgan fingerprint density at radius 2 is 1.20 bits per heavy atom. The monoisotopic (exact) mass is 456 g/mol. The van der Waals surface area contributed by atoms with E-state index in [1.807, 2.05) is 23.2 Å². The number of aryl methyl sites for hydroxylation is 2. The van der Waals surface area contributed by atoms with Gasteiger partial charge in [0.2, 0.25) is 0 Å². The molecule has 0 aromatic carbocycles. The van der Waals surface area contributed by atoms with Crippen molar-refractivity contribution in [3.8, 4) is 0 Å². The number of nitrogens with zero attached hydrogens (tertiary/aromatic N) is 6. The summed E-state index contributed by atoms with van der Waals surface area (Å²) in [5, 5.41) is 20.7. The number of imidazole rings is 2. The molecule has 2 unspecified atom stereocenters. The van der Waals surface area contributed by atoms with Crippen molar-refractivity contribution >= 4 is 33.5 Å². The van der Waals surface area contributed by atoms with E-state index in [-0.39, 0.29) is 12.8 Å². The van der Waals surface area contributed by atoms with Crippen LogP contribution in [0.15, 0.2) is 22.7 Å². The number of likely N-dealkylation sites (N-methyl/N-ethyl adjacent to an activating group) is 2. The standard InChI is InChI=1S/C18H28N6O4S2/c1-21(2)13(17(25)26)7-11-15(23(5)9-19-11)29-30-16-12(20-10-24(16)6)8-14(18(27)28)22(3)4/h9-10,13-14H,7-8H2,1-6H3,(H,25,26)(H,27,28). The molecule has 0 aliphatic carbocycles. The van der Waals surface area contributed by atoms with Gasteiger partial charge in [-0.25, -0.2) is 9.97 Å². The molecular weight excluding hydrogens is 428 g/mol. The maximum absolute atomic E-state index is 11.6. The predicted molar refractivity (Wildman–Crippen MR) is 116 cm³/mol. The van der Waals surface area contributed by atoms with Gasteiger partial charge in [0, 0.05) is 26.9 Å². The topological polar surface area (TPSA) is 117 Å². The minimum absolute atomic E-state index is 0.284. The molecule has 0 aliphatic heterocycles. The summed E-state index contributed by atoms with van der Waals surface area (Å²) in [6.07, 6.45) is 3.91. The molecule has 2 aromatic rings. The number of carbonyl (C=O) groups is 2. The lowest BCUT2D eigenvalue weighted by atomic mass is 10.1. The predicted octanol–water partition coefficient (Wildman–Crippen LogP) is 1.07. The summed E-state index contributed by atoms with van der Waals surface area (Å²) in [6.45, 7) is 0. The third-order valence-electron chi connectivity index (χ3n) is 4.70.